The Bertz CT molecular complexity index is 1150. The molecule has 118 valence electrons. The SMILES string of the molecule is O=c1c2[nH]c3ccc(Cl)cc3c2ncn1/N=C/c1ccc(F)cc1. The van der Waals surface area contributed by atoms with Crippen molar-refractivity contribution in [2.75, 3.05) is 0 Å². The Morgan fingerprint density at radius 3 is 2.79 bits per heavy atom. The summed E-state index contributed by atoms with van der Waals surface area (Å²) >= 11 is 6.00. The Balaban J connectivity index is 1.82. The fourth-order valence-corrected chi connectivity index (χ4v) is 2.65. The fraction of sp³-hybridized carbons (Fsp3) is 0. The smallest absolute Gasteiger partial charge is 0.298 e. The van der Waals surface area contributed by atoms with E-state index in [9.17, 15) is 9.18 Å². The fourth-order valence-electron chi connectivity index (χ4n) is 2.48. The Hall–Kier alpha value is -2.99. The van der Waals surface area contributed by atoms with E-state index < -0.39 is 0 Å². The molecule has 1 N–H and O–H groups in total. The molecule has 0 aliphatic carbocycles. The number of nitrogens with zero attached hydrogens (tertiary/aromatic N) is 3. The lowest BCUT2D eigenvalue weighted by molar-refractivity contribution is 0.628. The van der Waals surface area contributed by atoms with Crippen molar-refractivity contribution in [3.8, 4) is 0 Å². The Morgan fingerprint density at radius 1 is 1.21 bits per heavy atom. The molecule has 0 saturated heterocycles. The summed E-state index contributed by atoms with van der Waals surface area (Å²) in [5, 5.41) is 5.45. The van der Waals surface area contributed by atoms with Gasteiger partial charge in [-0.25, -0.2) is 9.37 Å². The maximum absolute atomic E-state index is 12.9. The zero-order valence-corrected chi connectivity index (χ0v) is 13.0. The van der Waals surface area contributed by atoms with E-state index in [0.717, 1.165) is 15.6 Å². The Kier molecular flexibility index (Phi) is 3.39. The van der Waals surface area contributed by atoms with Gasteiger partial charge in [0.05, 0.1) is 6.21 Å². The molecule has 0 unspecified atom stereocenters. The van der Waals surface area contributed by atoms with Crippen molar-refractivity contribution in [2.45, 2.75) is 0 Å². The normalized spacial score (nSPS) is 11.8. The van der Waals surface area contributed by atoms with Crippen LogP contribution in [0.4, 0.5) is 4.39 Å². The van der Waals surface area contributed by atoms with Crippen LogP contribution in [0.1, 0.15) is 5.56 Å². The van der Waals surface area contributed by atoms with Gasteiger partial charge in [-0.3, -0.25) is 4.79 Å². The average molecular weight is 341 g/mol. The van der Waals surface area contributed by atoms with Crippen LogP contribution in [0.25, 0.3) is 21.9 Å². The number of rotatable bonds is 2. The minimum absolute atomic E-state index is 0.328. The Labute approximate surface area is 140 Å². The summed E-state index contributed by atoms with van der Waals surface area (Å²) in [6.07, 6.45) is 2.81. The number of halogens is 2. The van der Waals surface area contributed by atoms with Crippen molar-refractivity contribution in [1.82, 2.24) is 14.6 Å². The van der Waals surface area contributed by atoms with Crippen LogP contribution in [0.5, 0.6) is 0 Å². The lowest BCUT2D eigenvalue weighted by Crippen LogP contribution is -2.17. The van der Waals surface area contributed by atoms with Crippen LogP contribution in [0.3, 0.4) is 0 Å². The lowest BCUT2D eigenvalue weighted by atomic mass is 10.2. The van der Waals surface area contributed by atoms with Crippen LogP contribution in [0.2, 0.25) is 5.02 Å². The molecule has 4 rings (SSSR count). The van der Waals surface area contributed by atoms with Crippen molar-refractivity contribution in [3.63, 3.8) is 0 Å². The molecule has 0 atom stereocenters. The van der Waals surface area contributed by atoms with Gasteiger partial charge in [0.15, 0.2) is 0 Å². The molecular weight excluding hydrogens is 331 g/mol. The number of fused-ring (bicyclic) bond motifs is 3. The number of aromatic amines is 1. The molecule has 0 fully saturated rings. The van der Waals surface area contributed by atoms with E-state index in [4.69, 9.17) is 11.6 Å². The van der Waals surface area contributed by atoms with Gasteiger partial charge in [0.1, 0.15) is 23.2 Å². The first kappa shape index (κ1) is 14.6. The van der Waals surface area contributed by atoms with Crippen molar-refractivity contribution >= 4 is 39.8 Å². The van der Waals surface area contributed by atoms with E-state index in [2.05, 4.69) is 15.1 Å². The average Bonchev–Trinajstić information content (AvgIpc) is 2.95. The highest BCUT2D eigenvalue weighted by Crippen LogP contribution is 2.24. The van der Waals surface area contributed by atoms with Crippen LogP contribution in [-0.2, 0) is 0 Å². The number of H-pyrrole nitrogens is 1. The van der Waals surface area contributed by atoms with Crippen molar-refractivity contribution < 1.29 is 4.39 Å². The molecule has 0 spiro atoms. The third kappa shape index (κ3) is 2.47. The molecule has 0 radical (unpaired) electrons. The molecule has 0 amide bonds. The van der Waals surface area contributed by atoms with Crippen molar-refractivity contribution in [2.24, 2.45) is 5.10 Å². The zero-order chi connectivity index (χ0) is 16.7. The summed E-state index contributed by atoms with van der Waals surface area (Å²) in [5.41, 5.74) is 2.02. The van der Waals surface area contributed by atoms with E-state index in [1.54, 1.807) is 30.3 Å². The number of hydrogen-bond acceptors (Lipinski definition) is 3. The molecule has 24 heavy (non-hydrogen) atoms. The second-order valence-corrected chi connectivity index (χ2v) is 5.67. The second kappa shape index (κ2) is 5.58. The van der Waals surface area contributed by atoms with E-state index >= 15 is 0 Å². The third-order valence-electron chi connectivity index (χ3n) is 3.65. The molecule has 0 saturated carbocycles. The molecule has 5 nitrogen and oxygen atoms in total. The molecule has 0 aliphatic rings. The summed E-state index contributed by atoms with van der Waals surface area (Å²) in [4.78, 5) is 19.9. The van der Waals surface area contributed by atoms with Crippen molar-refractivity contribution in [3.05, 3.63) is 75.5 Å². The maximum Gasteiger partial charge on any atom is 0.298 e. The van der Waals surface area contributed by atoms with E-state index in [-0.39, 0.29) is 11.4 Å². The highest BCUT2D eigenvalue weighted by Gasteiger charge is 2.10. The summed E-state index contributed by atoms with van der Waals surface area (Å²) in [6.45, 7) is 0. The molecule has 2 aromatic heterocycles. The molecule has 0 bridgehead atoms. The van der Waals surface area contributed by atoms with Gasteiger partial charge < -0.3 is 4.98 Å². The quantitative estimate of drug-likeness (QED) is 0.567. The van der Waals surface area contributed by atoms with Gasteiger partial charge in [0.25, 0.3) is 5.56 Å². The number of benzene rings is 2. The van der Waals surface area contributed by atoms with Gasteiger partial charge in [0, 0.05) is 15.9 Å². The minimum atomic E-state index is -0.330. The van der Waals surface area contributed by atoms with Gasteiger partial charge in [-0.1, -0.05) is 23.7 Å². The first-order chi connectivity index (χ1) is 11.6. The first-order valence-corrected chi connectivity index (χ1v) is 7.48. The zero-order valence-electron chi connectivity index (χ0n) is 12.2. The van der Waals surface area contributed by atoms with E-state index in [1.165, 1.54) is 24.7 Å². The van der Waals surface area contributed by atoms with Crippen LogP contribution in [0.15, 0.2) is 58.7 Å². The predicted octanol–water partition coefficient (Wildman–Crippen LogP) is 3.55. The highest BCUT2D eigenvalue weighted by molar-refractivity contribution is 6.31. The van der Waals surface area contributed by atoms with Crippen LogP contribution in [0, 0.1) is 5.82 Å². The topological polar surface area (TPSA) is 63.0 Å². The predicted molar refractivity (Wildman–Crippen MR) is 92.3 cm³/mol. The largest absolute Gasteiger partial charge is 0.349 e. The minimum Gasteiger partial charge on any atom is -0.349 e. The van der Waals surface area contributed by atoms with Gasteiger partial charge >= 0.3 is 0 Å². The first-order valence-electron chi connectivity index (χ1n) is 7.10. The van der Waals surface area contributed by atoms with E-state index in [1.807, 2.05) is 0 Å². The van der Waals surface area contributed by atoms with Crippen LogP contribution in [-0.4, -0.2) is 20.9 Å². The van der Waals surface area contributed by atoms with Crippen LogP contribution >= 0.6 is 11.6 Å². The molecular formula is C17H10ClFN4O. The molecule has 7 heteroatoms. The van der Waals surface area contributed by atoms with Gasteiger partial charge in [-0.15, -0.1) is 0 Å². The van der Waals surface area contributed by atoms with Crippen molar-refractivity contribution in [1.29, 1.82) is 0 Å². The highest BCUT2D eigenvalue weighted by atomic mass is 35.5. The summed E-state index contributed by atoms with van der Waals surface area (Å²) < 4.78 is 14.0. The van der Waals surface area contributed by atoms with Gasteiger partial charge in [-0.05, 0) is 35.9 Å². The van der Waals surface area contributed by atoms with Gasteiger partial charge in [-0.2, -0.15) is 9.78 Å². The monoisotopic (exact) mass is 340 g/mol. The number of aromatic nitrogens is 3. The number of hydrogen-bond donors (Lipinski definition) is 1. The molecule has 4 aromatic rings. The lowest BCUT2D eigenvalue weighted by Gasteiger charge is -1.98. The molecule has 0 aliphatic heterocycles. The molecule has 2 aromatic carbocycles. The third-order valence-corrected chi connectivity index (χ3v) is 3.89. The second-order valence-electron chi connectivity index (χ2n) is 5.23. The molecule has 2 heterocycles. The van der Waals surface area contributed by atoms with E-state index in [0.29, 0.717) is 21.6 Å². The summed E-state index contributed by atoms with van der Waals surface area (Å²) in [7, 11) is 0. The maximum atomic E-state index is 12.9. The number of nitrogens with one attached hydrogen (secondary N) is 1. The summed E-state index contributed by atoms with van der Waals surface area (Å²) in [5.74, 6) is -0.330. The van der Waals surface area contributed by atoms with Crippen LogP contribution < -0.4 is 5.56 Å². The van der Waals surface area contributed by atoms with Gasteiger partial charge in [0.2, 0.25) is 0 Å². The summed E-state index contributed by atoms with van der Waals surface area (Å²) in [6, 6.07) is 11.1. The Morgan fingerprint density at radius 2 is 2.00 bits per heavy atom. The standard InChI is InChI=1S/C17H10ClFN4O/c18-11-3-6-14-13(7-11)15-16(22-14)17(24)23(9-20-15)21-8-10-1-4-12(19)5-2-10/h1-9,22H/b21-8+.